The van der Waals surface area contributed by atoms with Crippen molar-refractivity contribution < 1.29 is 4.42 Å². The fourth-order valence-corrected chi connectivity index (χ4v) is 2.01. The molecule has 1 heterocycles. The lowest BCUT2D eigenvalue weighted by Gasteiger charge is -2.11. The number of rotatable bonds is 4. The Morgan fingerprint density at radius 2 is 2.24 bits per heavy atom. The van der Waals surface area contributed by atoms with Gasteiger partial charge in [0.05, 0.1) is 17.3 Å². The summed E-state index contributed by atoms with van der Waals surface area (Å²) in [7, 11) is 0. The molecule has 0 aliphatic rings. The van der Waals surface area contributed by atoms with Gasteiger partial charge in [-0.05, 0) is 52.7 Å². The third kappa shape index (κ3) is 3.35. The Labute approximate surface area is 114 Å². The van der Waals surface area contributed by atoms with E-state index in [1.165, 1.54) is 0 Å². The van der Waals surface area contributed by atoms with Crippen LogP contribution in [0.4, 0.5) is 0 Å². The van der Waals surface area contributed by atoms with Gasteiger partial charge in [0.15, 0.2) is 0 Å². The summed E-state index contributed by atoms with van der Waals surface area (Å²) < 4.78 is 6.25. The number of nitrogens with one attached hydrogen (secondary N) is 1. The van der Waals surface area contributed by atoms with E-state index in [4.69, 9.17) is 16.0 Å². The van der Waals surface area contributed by atoms with Gasteiger partial charge in [-0.25, -0.2) is 0 Å². The summed E-state index contributed by atoms with van der Waals surface area (Å²) in [6.07, 6.45) is 1.68. The van der Waals surface area contributed by atoms with Crippen molar-refractivity contribution >= 4 is 27.5 Å². The van der Waals surface area contributed by atoms with Gasteiger partial charge in [0.1, 0.15) is 5.76 Å². The molecule has 1 atom stereocenters. The lowest BCUT2D eigenvalue weighted by atomic mass is 10.2. The Balaban J connectivity index is 1.96. The second-order valence-corrected chi connectivity index (χ2v) is 5.13. The van der Waals surface area contributed by atoms with E-state index < -0.39 is 0 Å². The standard InChI is InChI=1S/C13H13BrClNO/c1-9(13-3-2-6-17-13)16-8-10-4-5-11(14)12(15)7-10/h2-7,9,16H,8H2,1H3/t9-/m0/s1. The molecule has 2 rings (SSSR count). The monoisotopic (exact) mass is 313 g/mol. The van der Waals surface area contributed by atoms with Gasteiger partial charge in [0.2, 0.25) is 0 Å². The molecule has 0 saturated carbocycles. The molecule has 0 fully saturated rings. The molecule has 1 aromatic heterocycles. The van der Waals surface area contributed by atoms with Crippen LogP contribution in [0.15, 0.2) is 45.5 Å². The molecule has 2 aromatic rings. The maximum Gasteiger partial charge on any atom is 0.120 e. The van der Waals surface area contributed by atoms with Gasteiger partial charge >= 0.3 is 0 Å². The molecule has 0 saturated heterocycles. The first-order chi connectivity index (χ1) is 8.16. The molecule has 17 heavy (non-hydrogen) atoms. The number of benzene rings is 1. The van der Waals surface area contributed by atoms with Crippen molar-refractivity contribution in [3.63, 3.8) is 0 Å². The van der Waals surface area contributed by atoms with Crippen molar-refractivity contribution in [2.75, 3.05) is 0 Å². The summed E-state index contributed by atoms with van der Waals surface area (Å²) in [4.78, 5) is 0. The molecule has 0 bridgehead atoms. The van der Waals surface area contributed by atoms with Crippen molar-refractivity contribution in [2.45, 2.75) is 19.5 Å². The predicted molar refractivity (Wildman–Crippen MR) is 73.1 cm³/mol. The molecule has 0 aliphatic heterocycles. The molecule has 0 unspecified atom stereocenters. The molecular weight excluding hydrogens is 302 g/mol. The normalized spacial score (nSPS) is 12.6. The van der Waals surface area contributed by atoms with E-state index in [1.54, 1.807) is 6.26 Å². The first kappa shape index (κ1) is 12.7. The van der Waals surface area contributed by atoms with Crippen LogP contribution in [0.25, 0.3) is 0 Å². The Kier molecular flexibility index (Phi) is 4.26. The molecule has 0 aliphatic carbocycles. The third-order valence-electron chi connectivity index (χ3n) is 2.57. The minimum atomic E-state index is 0.187. The van der Waals surface area contributed by atoms with Crippen LogP contribution in [-0.4, -0.2) is 0 Å². The van der Waals surface area contributed by atoms with Crippen molar-refractivity contribution in [1.29, 1.82) is 0 Å². The molecule has 1 N–H and O–H groups in total. The smallest absolute Gasteiger partial charge is 0.120 e. The average Bonchev–Trinajstić information content (AvgIpc) is 2.84. The summed E-state index contributed by atoms with van der Waals surface area (Å²) in [5, 5.41) is 4.11. The second-order valence-electron chi connectivity index (χ2n) is 3.87. The van der Waals surface area contributed by atoms with E-state index in [1.807, 2.05) is 30.3 Å². The summed E-state index contributed by atoms with van der Waals surface area (Å²) in [5.41, 5.74) is 1.15. The fraction of sp³-hybridized carbons (Fsp3) is 0.231. The lowest BCUT2D eigenvalue weighted by molar-refractivity contribution is 0.430. The minimum absolute atomic E-state index is 0.187. The molecule has 2 nitrogen and oxygen atoms in total. The van der Waals surface area contributed by atoms with Crippen molar-refractivity contribution in [2.24, 2.45) is 0 Å². The molecule has 0 radical (unpaired) electrons. The number of halogens is 2. The van der Waals surface area contributed by atoms with Crippen LogP contribution in [-0.2, 0) is 6.54 Å². The number of hydrogen-bond donors (Lipinski definition) is 1. The maximum absolute atomic E-state index is 6.04. The molecule has 0 amide bonds. The Hall–Kier alpha value is -0.770. The topological polar surface area (TPSA) is 25.2 Å². The highest BCUT2D eigenvalue weighted by Gasteiger charge is 2.07. The predicted octanol–water partition coefficient (Wildman–Crippen LogP) is 4.55. The van der Waals surface area contributed by atoms with Crippen LogP contribution >= 0.6 is 27.5 Å². The number of hydrogen-bond acceptors (Lipinski definition) is 2. The highest BCUT2D eigenvalue weighted by molar-refractivity contribution is 9.10. The van der Waals surface area contributed by atoms with Crippen molar-refractivity contribution in [3.05, 3.63) is 57.4 Å². The van der Waals surface area contributed by atoms with E-state index in [0.717, 1.165) is 27.4 Å². The summed E-state index contributed by atoms with van der Waals surface area (Å²) in [6, 6.07) is 9.99. The molecule has 4 heteroatoms. The zero-order valence-corrected chi connectivity index (χ0v) is 11.8. The van der Waals surface area contributed by atoms with Crippen LogP contribution < -0.4 is 5.32 Å². The van der Waals surface area contributed by atoms with Crippen LogP contribution in [0, 0.1) is 0 Å². The van der Waals surface area contributed by atoms with Crippen LogP contribution in [0.2, 0.25) is 5.02 Å². The van der Waals surface area contributed by atoms with Crippen LogP contribution in [0.1, 0.15) is 24.3 Å². The van der Waals surface area contributed by atoms with Gasteiger partial charge < -0.3 is 9.73 Å². The third-order valence-corrected chi connectivity index (χ3v) is 3.80. The van der Waals surface area contributed by atoms with E-state index in [0.29, 0.717) is 0 Å². The van der Waals surface area contributed by atoms with Gasteiger partial charge in [-0.3, -0.25) is 0 Å². The Morgan fingerprint density at radius 3 is 2.88 bits per heavy atom. The molecule has 90 valence electrons. The average molecular weight is 315 g/mol. The maximum atomic E-state index is 6.04. The SMILES string of the molecule is C[C@H](NCc1ccc(Br)c(Cl)c1)c1ccco1. The zero-order chi connectivity index (χ0) is 12.3. The van der Waals surface area contributed by atoms with Gasteiger partial charge in [0.25, 0.3) is 0 Å². The van der Waals surface area contributed by atoms with Crippen molar-refractivity contribution in [3.8, 4) is 0 Å². The van der Waals surface area contributed by atoms with E-state index in [-0.39, 0.29) is 6.04 Å². The summed E-state index contributed by atoms with van der Waals surface area (Å²) >= 11 is 9.41. The minimum Gasteiger partial charge on any atom is -0.468 e. The highest BCUT2D eigenvalue weighted by Crippen LogP contribution is 2.23. The van der Waals surface area contributed by atoms with Crippen molar-refractivity contribution in [1.82, 2.24) is 5.32 Å². The molecule has 1 aromatic carbocycles. The summed E-state index contributed by atoms with van der Waals surface area (Å²) in [6.45, 7) is 2.83. The lowest BCUT2D eigenvalue weighted by Crippen LogP contribution is -2.17. The number of furan rings is 1. The van der Waals surface area contributed by atoms with E-state index >= 15 is 0 Å². The summed E-state index contributed by atoms with van der Waals surface area (Å²) in [5.74, 6) is 0.938. The Bertz CT molecular complexity index is 484. The van der Waals surface area contributed by atoms with E-state index in [9.17, 15) is 0 Å². The largest absolute Gasteiger partial charge is 0.468 e. The van der Waals surface area contributed by atoms with Crippen LogP contribution in [0.5, 0.6) is 0 Å². The van der Waals surface area contributed by atoms with Gasteiger partial charge in [0, 0.05) is 11.0 Å². The van der Waals surface area contributed by atoms with Gasteiger partial charge in [-0.2, -0.15) is 0 Å². The molecular formula is C13H13BrClNO. The highest BCUT2D eigenvalue weighted by atomic mass is 79.9. The Morgan fingerprint density at radius 1 is 1.41 bits per heavy atom. The second kappa shape index (κ2) is 5.71. The first-order valence-corrected chi connectivity index (χ1v) is 6.54. The quantitative estimate of drug-likeness (QED) is 0.896. The first-order valence-electron chi connectivity index (χ1n) is 5.37. The zero-order valence-electron chi connectivity index (χ0n) is 9.41. The fourth-order valence-electron chi connectivity index (χ4n) is 1.56. The van der Waals surface area contributed by atoms with Crippen LogP contribution in [0.3, 0.4) is 0 Å². The molecule has 0 spiro atoms. The van der Waals surface area contributed by atoms with Gasteiger partial charge in [-0.1, -0.05) is 17.7 Å². The van der Waals surface area contributed by atoms with E-state index in [2.05, 4.69) is 28.2 Å². The van der Waals surface area contributed by atoms with Gasteiger partial charge in [-0.15, -0.1) is 0 Å².